The highest BCUT2D eigenvalue weighted by Gasteiger charge is 2.42. The van der Waals surface area contributed by atoms with Crippen molar-refractivity contribution in [3.8, 4) is 0 Å². The Kier molecular flexibility index (Phi) is 20.6. The first-order chi connectivity index (χ1) is 29.3. The Morgan fingerprint density at radius 3 is 2.24 bits per heavy atom. The molecule has 0 spiro atoms. The summed E-state index contributed by atoms with van der Waals surface area (Å²) in [5, 5.41) is 23.9. The highest BCUT2D eigenvalue weighted by atomic mass is 31.2. The number of primary amides is 1. The first kappa shape index (κ1) is 51.1. The smallest absolute Gasteiger partial charge is 0.394 e. The normalized spacial score (nSPS) is 17.9. The molecule has 1 saturated heterocycles. The van der Waals surface area contributed by atoms with Crippen LogP contribution in [0.15, 0.2) is 48.0 Å². The summed E-state index contributed by atoms with van der Waals surface area (Å²) < 4.78 is 21.4. The van der Waals surface area contributed by atoms with Gasteiger partial charge >= 0.3 is 7.82 Å². The Morgan fingerprint density at radius 1 is 0.984 bits per heavy atom. The minimum absolute atomic E-state index is 0.00836. The number of aryl methyl sites for hydroxylation is 1. The van der Waals surface area contributed by atoms with E-state index < -0.39 is 86.4 Å². The number of imidazole rings is 1. The lowest BCUT2D eigenvalue weighted by Gasteiger charge is -2.28. The number of hydrogen-bond acceptors (Lipinski definition) is 13. The number of aromatic nitrogens is 2. The van der Waals surface area contributed by atoms with Crippen LogP contribution in [-0.2, 0) is 60.3 Å². The van der Waals surface area contributed by atoms with E-state index in [9.17, 15) is 38.4 Å². The molecule has 7 atom stereocenters. The summed E-state index contributed by atoms with van der Waals surface area (Å²) in [4.78, 5) is 113. The zero-order valence-electron chi connectivity index (χ0n) is 35.5. The maximum atomic E-state index is 14.1. The lowest BCUT2D eigenvalue weighted by Crippen LogP contribution is -2.61. The molecule has 0 saturated carbocycles. The molecule has 1 aromatic carbocycles. The number of aromatic amines is 1. The van der Waals surface area contributed by atoms with Crippen LogP contribution in [0.25, 0.3) is 0 Å². The summed E-state index contributed by atoms with van der Waals surface area (Å²) in [6, 6.07) is 2.58. The topological polar surface area (TPSA) is 326 Å². The number of amides is 6. The molecule has 1 fully saturated rings. The van der Waals surface area contributed by atoms with E-state index >= 15 is 0 Å². The Labute approximate surface area is 359 Å². The molecule has 22 nitrogen and oxygen atoms in total. The van der Waals surface area contributed by atoms with Crippen molar-refractivity contribution in [3.05, 3.63) is 54.1 Å². The maximum absolute atomic E-state index is 14.1. The van der Waals surface area contributed by atoms with Gasteiger partial charge < -0.3 is 61.4 Å². The molecule has 23 heteroatoms. The molecule has 10 N–H and O–H groups in total. The summed E-state index contributed by atoms with van der Waals surface area (Å²) >= 11 is 0. The quantitative estimate of drug-likeness (QED) is 0.0322. The number of hydrogen-bond donors (Lipinski definition) is 9. The summed E-state index contributed by atoms with van der Waals surface area (Å²) in [6.45, 7) is 7.52. The van der Waals surface area contributed by atoms with E-state index in [1.54, 1.807) is 6.21 Å². The third kappa shape index (κ3) is 17.6. The van der Waals surface area contributed by atoms with Crippen molar-refractivity contribution in [1.82, 2.24) is 36.1 Å². The first-order valence-electron chi connectivity index (χ1n) is 20.2. The largest absolute Gasteiger partial charge is 0.469 e. The first-order valence-corrected chi connectivity index (χ1v) is 21.8. The van der Waals surface area contributed by atoms with Crippen molar-refractivity contribution in [3.63, 3.8) is 0 Å². The Bertz CT molecular complexity index is 1850. The van der Waals surface area contributed by atoms with Crippen LogP contribution >= 0.6 is 7.82 Å². The number of benzene rings is 1. The van der Waals surface area contributed by atoms with Gasteiger partial charge in [0.1, 0.15) is 36.3 Å². The molecule has 2 aromatic rings. The number of rotatable bonds is 26. The average molecular weight is 894 g/mol. The van der Waals surface area contributed by atoms with Gasteiger partial charge in [-0.05, 0) is 51.5 Å². The van der Waals surface area contributed by atoms with Gasteiger partial charge in [0.05, 0.1) is 44.7 Å². The summed E-state index contributed by atoms with van der Waals surface area (Å²) in [5.41, 5.74) is 6.82. The molecule has 344 valence electrons. The minimum Gasteiger partial charge on any atom is -0.394 e. The molecular weight excluding hydrogens is 833 g/mol. The summed E-state index contributed by atoms with van der Waals surface area (Å²) in [7, 11) is -5.12. The molecule has 3 rings (SSSR count). The summed E-state index contributed by atoms with van der Waals surface area (Å²) in [6.07, 6.45) is 3.27. The van der Waals surface area contributed by atoms with Gasteiger partial charge in [0.2, 0.25) is 35.4 Å². The fourth-order valence-electron chi connectivity index (χ4n) is 6.47. The second-order valence-electron chi connectivity index (χ2n) is 15.5. The third-order valence-electron chi connectivity index (χ3n) is 9.49. The second kappa shape index (κ2) is 25.0. The number of phosphoric ester groups is 1. The molecule has 0 radical (unpaired) electrons. The number of carbonyl (C=O) groups is 6. The molecule has 1 aromatic heterocycles. The van der Waals surface area contributed by atoms with E-state index in [2.05, 4.69) is 40.9 Å². The lowest BCUT2D eigenvalue weighted by atomic mass is 10.0. The number of phosphoric acid groups is 1. The zero-order chi connectivity index (χ0) is 46.0. The van der Waals surface area contributed by atoms with E-state index in [0.717, 1.165) is 18.9 Å². The number of carbonyl (C=O) groups excluding carboxylic acids is 6. The third-order valence-corrected chi connectivity index (χ3v) is 10.1. The number of H-pyrrole nitrogens is 1. The number of likely N-dealkylation sites (tertiary alicyclic amines) is 1. The molecule has 0 aliphatic carbocycles. The number of ether oxygens (including phenoxy) is 1. The van der Waals surface area contributed by atoms with Crippen molar-refractivity contribution in [2.75, 3.05) is 19.8 Å². The average Bonchev–Trinajstić information content (AvgIpc) is 3.88. The minimum atomic E-state index is -5.12. The molecule has 62 heavy (non-hydrogen) atoms. The van der Waals surface area contributed by atoms with Gasteiger partial charge in [0.25, 0.3) is 0 Å². The van der Waals surface area contributed by atoms with Gasteiger partial charge in [-0.1, -0.05) is 49.3 Å². The summed E-state index contributed by atoms with van der Waals surface area (Å²) in [5.74, 6) is -5.33. The van der Waals surface area contributed by atoms with Gasteiger partial charge in [-0.3, -0.25) is 33.3 Å². The van der Waals surface area contributed by atoms with Crippen molar-refractivity contribution in [1.29, 1.82) is 0 Å². The molecular formula is C39H60N9O13P. The standard InChI is InChI=1S/C39H60N9O13P/c1-23(2)16-29(45-39(55)32-18-28(20-48(32)33(50)13-15-59-24(3)4)60-43-14-9-12-26-10-7-6-8-11-26)36(52)44-30(17-27-19-41-22-42-27)37(53)46-31(21-49)38(54)47-34(35(40)51)25(5)61-62(56,57)58/h6-8,10-11,14,19,22-25,28-32,34,49H,9,12-13,15-18,20-21H2,1-5H3,(H2,40,51)(H,41,42)(H,44,52)(H,45,55)(H,46,53)(H,47,54)(H2,56,57,58)/b43-14-/t25?,28-,29-,30-,31-,32-,34-/m0/s1. The predicted octanol–water partition coefficient (Wildman–Crippen LogP) is -0.667. The molecule has 2 heterocycles. The number of nitrogens with zero attached hydrogens (tertiary/aromatic N) is 3. The molecule has 1 unspecified atom stereocenters. The van der Waals surface area contributed by atoms with Crippen LogP contribution in [0.5, 0.6) is 0 Å². The van der Waals surface area contributed by atoms with Crippen molar-refractivity contribution < 1.29 is 62.3 Å². The lowest BCUT2D eigenvalue weighted by molar-refractivity contribution is -0.140. The molecule has 6 amide bonds. The van der Waals surface area contributed by atoms with Crippen molar-refractivity contribution in [2.45, 2.75) is 122 Å². The Hall–Kier alpha value is -5.25. The van der Waals surface area contributed by atoms with Gasteiger partial charge in [-0.15, -0.1) is 0 Å². The van der Waals surface area contributed by atoms with Gasteiger partial charge in [-0.25, -0.2) is 9.55 Å². The van der Waals surface area contributed by atoms with Crippen molar-refractivity contribution >= 4 is 49.5 Å². The Morgan fingerprint density at radius 2 is 1.65 bits per heavy atom. The van der Waals surface area contributed by atoms with Gasteiger partial charge in [-0.2, -0.15) is 0 Å². The Balaban J connectivity index is 1.78. The number of oxime groups is 1. The number of aliphatic hydroxyl groups is 1. The highest BCUT2D eigenvalue weighted by molar-refractivity contribution is 7.46. The van der Waals surface area contributed by atoms with Gasteiger partial charge in [0, 0.05) is 30.9 Å². The molecule has 1 aliphatic heterocycles. The van der Waals surface area contributed by atoms with E-state index in [-0.39, 0.29) is 56.8 Å². The van der Waals surface area contributed by atoms with E-state index in [0.29, 0.717) is 12.1 Å². The van der Waals surface area contributed by atoms with E-state index in [1.165, 1.54) is 17.4 Å². The zero-order valence-corrected chi connectivity index (χ0v) is 36.4. The van der Waals surface area contributed by atoms with Gasteiger partial charge in [0.15, 0.2) is 0 Å². The maximum Gasteiger partial charge on any atom is 0.469 e. The SMILES string of the molecule is CC(C)C[C@H](NC(=O)[C@@H]1C[C@H](O/N=C\CCc2ccccc2)CN1C(=O)CCOC(C)C)C(=O)N[C@@H](Cc1cnc[nH]1)C(=O)N[C@@H](CO)C(=O)N[C@H](C(N)=O)C(C)OP(=O)(O)O. The van der Waals surface area contributed by atoms with Crippen LogP contribution in [0.2, 0.25) is 0 Å². The van der Waals surface area contributed by atoms with Crippen LogP contribution in [0, 0.1) is 5.92 Å². The monoisotopic (exact) mass is 893 g/mol. The molecule has 0 bridgehead atoms. The number of nitrogens with two attached hydrogens (primary N) is 1. The van der Waals surface area contributed by atoms with E-state index in [4.69, 9.17) is 25.1 Å². The second-order valence-corrected chi connectivity index (χ2v) is 16.7. The van der Waals surface area contributed by atoms with Crippen LogP contribution in [0.3, 0.4) is 0 Å². The number of nitrogens with one attached hydrogen (secondary N) is 5. The van der Waals surface area contributed by atoms with Crippen LogP contribution in [0.1, 0.15) is 71.6 Å². The highest BCUT2D eigenvalue weighted by Crippen LogP contribution is 2.38. The van der Waals surface area contributed by atoms with E-state index in [1.807, 2.05) is 58.0 Å². The van der Waals surface area contributed by atoms with Crippen LogP contribution in [-0.4, -0.2) is 140 Å². The fourth-order valence-corrected chi connectivity index (χ4v) is 7.02. The van der Waals surface area contributed by atoms with Crippen LogP contribution in [0.4, 0.5) is 0 Å². The predicted molar refractivity (Wildman–Crippen MR) is 222 cm³/mol. The van der Waals surface area contributed by atoms with Crippen LogP contribution < -0.4 is 27.0 Å². The van der Waals surface area contributed by atoms with Crippen molar-refractivity contribution in [2.24, 2.45) is 16.8 Å². The fraction of sp³-hybridized carbons (Fsp3) is 0.590. The molecule has 1 aliphatic rings. The number of aliphatic hydroxyl groups excluding tert-OH is 1.